The van der Waals surface area contributed by atoms with Crippen LogP contribution >= 0.6 is 11.8 Å². The molecule has 0 bridgehead atoms. The molecular weight excluding hydrogens is 404 g/mol. The lowest BCUT2D eigenvalue weighted by Crippen LogP contribution is -2.27. The average molecular weight is 431 g/mol. The molecule has 4 rings (SSSR count). The van der Waals surface area contributed by atoms with Crippen molar-refractivity contribution in [3.63, 3.8) is 0 Å². The van der Waals surface area contributed by atoms with Crippen LogP contribution in [-0.4, -0.2) is 17.6 Å². The highest BCUT2D eigenvalue weighted by molar-refractivity contribution is 8.00. The largest absolute Gasteiger partial charge is 0.322 e. The maximum atomic E-state index is 12.6. The van der Waals surface area contributed by atoms with Crippen molar-refractivity contribution < 1.29 is 9.59 Å². The molecular formula is C26H26N2O2S. The monoisotopic (exact) mass is 430 g/mol. The lowest BCUT2D eigenvalue weighted by molar-refractivity contribution is -0.115. The zero-order valence-corrected chi connectivity index (χ0v) is 18.8. The summed E-state index contributed by atoms with van der Waals surface area (Å²) >= 11 is 1.62. The maximum Gasteiger partial charge on any atom is 0.255 e. The molecule has 3 aromatic rings. The van der Waals surface area contributed by atoms with Gasteiger partial charge in [-0.05, 0) is 60.4 Å². The van der Waals surface area contributed by atoms with Gasteiger partial charge in [0, 0.05) is 16.9 Å². The Morgan fingerprint density at radius 3 is 2.23 bits per heavy atom. The number of nitrogens with zero attached hydrogens (tertiary/aromatic N) is 1. The zero-order chi connectivity index (χ0) is 22.0. The molecule has 0 radical (unpaired) electrons. The second kappa shape index (κ2) is 8.98. The van der Waals surface area contributed by atoms with Crippen molar-refractivity contribution in [3.8, 4) is 0 Å². The lowest BCUT2D eigenvalue weighted by Gasteiger charge is -2.25. The molecule has 31 heavy (non-hydrogen) atoms. The number of anilines is 2. The number of carbonyl (C=O) groups excluding carboxylic acids is 2. The summed E-state index contributed by atoms with van der Waals surface area (Å²) in [6.45, 7) is 6.32. The number of nitrogens with one attached hydrogen (secondary N) is 1. The molecule has 1 fully saturated rings. The van der Waals surface area contributed by atoms with Crippen molar-refractivity contribution in [1.82, 2.24) is 0 Å². The average Bonchev–Trinajstić information content (AvgIpc) is 3.16. The predicted molar refractivity (Wildman–Crippen MR) is 129 cm³/mol. The summed E-state index contributed by atoms with van der Waals surface area (Å²) < 4.78 is 0. The van der Waals surface area contributed by atoms with Crippen LogP contribution < -0.4 is 10.2 Å². The fourth-order valence-electron chi connectivity index (χ4n) is 3.61. The second-order valence-corrected chi connectivity index (χ2v) is 9.18. The summed E-state index contributed by atoms with van der Waals surface area (Å²) in [6, 6.07) is 23.5. The molecule has 3 aromatic carbocycles. The number of hydrogen-bond acceptors (Lipinski definition) is 3. The van der Waals surface area contributed by atoms with Crippen LogP contribution in [-0.2, 0) is 4.79 Å². The standard InChI is InChI=1S/C26H26N2O2S/c1-17(2)19-10-14-23(15-11-19)28-24(29)16-31-26(28)21-8-12-22(13-9-21)27-25(30)20-6-4-18(3)5-7-20/h4-15,17,26H,16H2,1-3H3,(H,27,30). The Morgan fingerprint density at radius 1 is 0.968 bits per heavy atom. The van der Waals surface area contributed by atoms with Crippen molar-refractivity contribution in [2.45, 2.75) is 32.1 Å². The molecule has 1 N–H and O–H groups in total. The van der Waals surface area contributed by atoms with Crippen molar-refractivity contribution in [3.05, 3.63) is 95.1 Å². The van der Waals surface area contributed by atoms with Crippen LogP contribution in [0.3, 0.4) is 0 Å². The van der Waals surface area contributed by atoms with Gasteiger partial charge in [-0.25, -0.2) is 0 Å². The summed E-state index contributed by atoms with van der Waals surface area (Å²) in [7, 11) is 0. The van der Waals surface area contributed by atoms with Crippen LogP contribution in [0.4, 0.5) is 11.4 Å². The van der Waals surface area contributed by atoms with E-state index in [4.69, 9.17) is 0 Å². The van der Waals surface area contributed by atoms with Gasteiger partial charge in [0.2, 0.25) is 5.91 Å². The van der Waals surface area contributed by atoms with Gasteiger partial charge in [-0.2, -0.15) is 0 Å². The molecule has 4 nitrogen and oxygen atoms in total. The van der Waals surface area contributed by atoms with Gasteiger partial charge in [-0.15, -0.1) is 11.8 Å². The zero-order valence-electron chi connectivity index (χ0n) is 18.0. The number of hydrogen-bond donors (Lipinski definition) is 1. The Balaban J connectivity index is 1.50. The molecule has 1 aliphatic rings. The van der Waals surface area contributed by atoms with Crippen LogP contribution in [0.15, 0.2) is 72.8 Å². The minimum atomic E-state index is -0.134. The van der Waals surface area contributed by atoms with Gasteiger partial charge in [0.25, 0.3) is 5.91 Å². The van der Waals surface area contributed by atoms with E-state index in [0.29, 0.717) is 17.2 Å². The van der Waals surface area contributed by atoms with Gasteiger partial charge in [-0.3, -0.25) is 14.5 Å². The first-order valence-corrected chi connectivity index (χ1v) is 11.5. The molecule has 1 aliphatic heterocycles. The van der Waals surface area contributed by atoms with E-state index >= 15 is 0 Å². The number of aryl methyl sites for hydroxylation is 1. The molecule has 0 aromatic heterocycles. The van der Waals surface area contributed by atoms with E-state index in [9.17, 15) is 9.59 Å². The van der Waals surface area contributed by atoms with E-state index in [1.807, 2.05) is 72.5 Å². The Bertz CT molecular complexity index is 1070. The quantitative estimate of drug-likeness (QED) is 0.528. The van der Waals surface area contributed by atoms with Gasteiger partial charge in [-0.1, -0.05) is 55.8 Å². The molecule has 0 saturated carbocycles. The van der Waals surface area contributed by atoms with Crippen molar-refractivity contribution in [2.75, 3.05) is 16.0 Å². The smallest absolute Gasteiger partial charge is 0.255 e. The van der Waals surface area contributed by atoms with Gasteiger partial charge < -0.3 is 5.32 Å². The third-order valence-electron chi connectivity index (χ3n) is 5.47. The molecule has 1 saturated heterocycles. The number of rotatable bonds is 5. The first-order valence-electron chi connectivity index (χ1n) is 10.4. The molecule has 1 unspecified atom stereocenters. The predicted octanol–water partition coefficient (Wildman–Crippen LogP) is 6.15. The lowest BCUT2D eigenvalue weighted by atomic mass is 10.0. The van der Waals surface area contributed by atoms with Gasteiger partial charge in [0.05, 0.1) is 5.75 Å². The summed E-state index contributed by atoms with van der Waals surface area (Å²) in [6.07, 6.45) is 0. The Kier molecular flexibility index (Phi) is 6.14. The molecule has 1 atom stereocenters. The number of amides is 2. The third kappa shape index (κ3) is 4.67. The molecule has 5 heteroatoms. The summed E-state index contributed by atoms with van der Waals surface area (Å²) in [5, 5.41) is 2.87. The summed E-state index contributed by atoms with van der Waals surface area (Å²) in [5.74, 6) is 0.896. The minimum absolute atomic E-state index is 0.0701. The van der Waals surface area contributed by atoms with Gasteiger partial charge in [0.1, 0.15) is 5.37 Å². The minimum Gasteiger partial charge on any atom is -0.322 e. The van der Waals surface area contributed by atoms with E-state index in [2.05, 4.69) is 31.3 Å². The molecule has 0 aliphatic carbocycles. The van der Waals surface area contributed by atoms with Crippen LogP contribution in [0, 0.1) is 6.92 Å². The van der Waals surface area contributed by atoms with E-state index < -0.39 is 0 Å². The van der Waals surface area contributed by atoms with Crippen LogP contribution in [0.5, 0.6) is 0 Å². The normalized spacial score (nSPS) is 16.1. The van der Waals surface area contributed by atoms with Crippen LogP contribution in [0.25, 0.3) is 0 Å². The number of carbonyl (C=O) groups is 2. The van der Waals surface area contributed by atoms with Crippen molar-refractivity contribution >= 4 is 35.0 Å². The van der Waals surface area contributed by atoms with Crippen LogP contribution in [0.1, 0.15) is 52.2 Å². The molecule has 2 amide bonds. The molecule has 158 valence electrons. The van der Waals surface area contributed by atoms with E-state index in [1.165, 1.54) is 5.56 Å². The Hall–Kier alpha value is -3.05. The maximum absolute atomic E-state index is 12.6. The number of benzene rings is 3. The van der Waals surface area contributed by atoms with E-state index in [-0.39, 0.29) is 17.2 Å². The Labute approximate surface area is 187 Å². The molecule has 0 spiro atoms. The first kappa shape index (κ1) is 21.2. The second-order valence-electron chi connectivity index (χ2n) is 8.12. The van der Waals surface area contributed by atoms with Gasteiger partial charge in [0.15, 0.2) is 0 Å². The summed E-state index contributed by atoms with van der Waals surface area (Å²) in [5.41, 5.74) is 5.69. The van der Waals surface area contributed by atoms with E-state index in [0.717, 1.165) is 22.5 Å². The highest BCUT2D eigenvalue weighted by Crippen LogP contribution is 2.42. The van der Waals surface area contributed by atoms with E-state index in [1.54, 1.807) is 11.8 Å². The highest BCUT2D eigenvalue weighted by Gasteiger charge is 2.34. The summed E-state index contributed by atoms with van der Waals surface area (Å²) in [4.78, 5) is 26.9. The van der Waals surface area contributed by atoms with Crippen molar-refractivity contribution in [2.24, 2.45) is 0 Å². The van der Waals surface area contributed by atoms with Crippen LogP contribution in [0.2, 0.25) is 0 Å². The van der Waals surface area contributed by atoms with Gasteiger partial charge >= 0.3 is 0 Å². The fourth-order valence-corrected chi connectivity index (χ4v) is 4.79. The molecule has 1 heterocycles. The fraction of sp³-hybridized carbons (Fsp3) is 0.231. The number of thioether (sulfide) groups is 1. The third-order valence-corrected chi connectivity index (χ3v) is 6.69. The Morgan fingerprint density at radius 2 is 1.61 bits per heavy atom. The van der Waals surface area contributed by atoms with Crippen molar-refractivity contribution in [1.29, 1.82) is 0 Å². The topological polar surface area (TPSA) is 49.4 Å². The SMILES string of the molecule is Cc1ccc(C(=O)Nc2ccc(C3SCC(=O)N3c3ccc(C(C)C)cc3)cc2)cc1. The highest BCUT2D eigenvalue weighted by atomic mass is 32.2. The first-order chi connectivity index (χ1) is 14.9.